The van der Waals surface area contributed by atoms with E-state index in [1.54, 1.807) is 6.26 Å². The van der Waals surface area contributed by atoms with Crippen LogP contribution in [-0.2, 0) is 12.3 Å². The Labute approximate surface area is 155 Å². The summed E-state index contributed by atoms with van der Waals surface area (Å²) in [5.74, 6) is -4.08. The Morgan fingerprint density at radius 1 is 1.22 bits per heavy atom. The third-order valence-electron chi connectivity index (χ3n) is 4.42. The van der Waals surface area contributed by atoms with E-state index in [0.29, 0.717) is 5.56 Å². The summed E-state index contributed by atoms with van der Waals surface area (Å²) >= 11 is 1.11. The Hall–Kier alpha value is -2.36. The number of fused-ring (bicyclic) bond motifs is 2. The number of alkyl halides is 4. The number of thioether (sulfide) groups is 1. The number of hydrogen-bond acceptors (Lipinski definition) is 5. The van der Waals surface area contributed by atoms with E-state index in [-0.39, 0.29) is 46.3 Å². The molecule has 1 aromatic carbocycles. The molecule has 0 saturated carbocycles. The smallest absolute Gasteiger partial charge is 0.415 e. The lowest BCUT2D eigenvalue weighted by Gasteiger charge is -2.16. The number of ether oxygens (including phenoxy) is 1. The van der Waals surface area contributed by atoms with Crippen molar-refractivity contribution in [2.75, 3.05) is 12.8 Å². The minimum atomic E-state index is -3.58. The van der Waals surface area contributed by atoms with E-state index in [4.69, 9.17) is 0 Å². The van der Waals surface area contributed by atoms with Gasteiger partial charge in [-0.15, -0.1) is 0 Å². The Balaban J connectivity index is 1.88. The molecule has 1 aromatic heterocycles. The van der Waals surface area contributed by atoms with Crippen molar-refractivity contribution in [2.45, 2.75) is 30.0 Å². The van der Waals surface area contributed by atoms with Crippen molar-refractivity contribution in [1.29, 1.82) is 0 Å². The van der Waals surface area contributed by atoms with Gasteiger partial charge in [-0.3, -0.25) is 4.79 Å². The number of benzene rings is 1. The molecule has 2 aliphatic rings. The van der Waals surface area contributed by atoms with Crippen LogP contribution in [0.15, 0.2) is 23.4 Å². The number of nitrogens with zero attached hydrogens (tertiary/aromatic N) is 2. The van der Waals surface area contributed by atoms with Crippen LogP contribution < -0.4 is 10.1 Å². The van der Waals surface area contributed by atoms with Crippen molar-refractivity contribution < 1.29 is 27.1 Å². The molecule has 0 spiro atoms. The summed E-state index contributed by atoms with van der Waals surface area (Å²) in [6.45, 7) is -0.957. The highest BCUT2D eigenvalue weighted by Crippen LogP contribution is 2.44. The van der Waals surface area contributed by atoms with E-state index in [9.17, 15) is 22.4 Å². The van der Waals surface area contributed by atoms with E-state index in [2.05, 4.69) is 20.0 Å². The van der Waals surface area contributed by atoms with Gasteiger partial charge in [-0.25, -0.2) is 9.97 Å². The molecule has 5 nitrogen and oxygen atoms in total. The first kappa shape index (κ1) is 18.0. The molecule has 142 valence electrons. The summed E-state index contributed by atoms with van der Waals surface area (Å²) in [6.07, 6.45) is -2.24. The van der Waals surface area contributed by atoms with E-state index in [1.165, 1.54) is 18.2 Å². The molecule has 10 heteroatoms. The molecule has 1 amide bonds. The van der Waals surface area contributed by atoms with Crippen LogP contribution in [0, 0.1) is 0 Å². The van der Waals surface area contributed by atoms with Crippen molar-refractivity contribution >= 4 is 17.7 Å². The summed E-state index contributed by atoms with van der Waals surface area (Å²) in [5.41, 5.74) is 0.433. The summed E-state index contributed by atoms with van der Waals surface area (Å²) in [4.78, 5) is 20.2. The van der Waals surface area contributed by atoms with Crippen LogP contribution in [0.5, 0.6) is 5.75 Å². The molecule has 1 N–H and O–H groups in total. The molecule has 0 fully saturated rings. The highest BCUT2D eigenvalue weighted by Gasteiger charge is 2.43. The van der Waals surface area contributed by atoms with Crippen LogP contribution in [0.25, 0.3) is 11.3 Å². The zero-order valence-electron chi connectivity index (χ0n) is 14.0. The molecule has 1 aliphatic carbocycles. The number of aromatic nitrogens is 2. The van der Waals surface area contributed by atoms with Gasteiger partial charge in [0.25, 0.3) is 11.8 Å². The van der Waals surface area contributed by atoms with Gasteiger partial charge in [0, 0.05) is 17.5 Å². The highest BCUT2D eigenvalue weighted by atomic mass is 32.2. The quantitative estimate of drug-likeness (QED) is 0.475. The average molecular weight is 399 g/mol. The third-order valence-corrected chi connectivity index (χ3v) is 4.97. The van der Waals surface area contributed by atoms with Gasteiger partial charge < -0.3 is 10.1 Å². The number of carbonyl (C=O) groups excluding carboxylic acids is 1. The van der Waals surface area contributed by atoms with E-state index in [0.717, 1.165) is 11.8 Å². The van der Waals surface area contributed by atoms with Crippen molar-refractivity contribution in [2.24, 2.45) is 0 Å². The fraction of sp³-hybridized carbons (Fsp3) is 0.353. The molecule has 1 aliphatic heterocycles. The predicted octanol–water partition coefficient (Wildman–Crippen LogP) is 3.62. The fourth-order valence-electron chi connectivity index (χ4n) is 3.15. The van der Waals surface area contributed by atoms with Gasteiger partial charge in [0.1, 0.15) is 18.0 Å². The second-order valence-electron chi connectivity index (χ2n) is 6.22. The molecule has 4 rings (SSSR count). The maximum Gasteiger partial charge on any atom is 0.415 e. The van der Waals surface area contributed by atoms with Crippen molar-refractivity contribution in [1.82, 2.24) is 15.3 Å². The lowest BCUT2D eigenvalue weighted by atomic mass is 10.0. The van der Waals surface area contributed by atoms with Gasteiger partial charge >= 0.3 is 6.11 Å². The molecule has 0 atom stereocenters. The second kappa shape index (κ2) is 6.08. The summed E-state index contributed by atoms with van der Waals surface area (Å²) in [5, 5.41) is 2.24. The van der Waals surface area contributed by atoms with E-state index >= 15 is 0 Å². The maximum atomic E-state index is 14.2. The minimum Gasteiger partial charge on any atom is -0.430 e. The topological polar surface area (TPSA) is 64.1 Å². The summed E-state index contributed by atoms with van der Waals surface area (Å²) in [7, 11) is 0. The Bertz CT molecular complexity index is 952. The zero-order chi connectivity index (χ0) is 19.4. The Morgan fingerprint density at radius 3 is 2.74 bits per heavy atom. The van der Waals surface area contributed by atoms with Gasteiger partial charge in [0.05, 0.1) is 11.3 Å². The predicted molar refractivity (Wildman–Crippen MR) is 89.4 cm³/mol. The SMILES string of the molecule is CSc1nc(-c2ccc3c(c2)OC(F)(F)CNC3=O)c2c(n1)C(F)(F)CC2. The normalized spacial score (nSPS) is 19.5. The first-order valence-corrected chi connectivity index (χ1v) is 9.25. The first-order valence-electron chi connectivity index (χ1n) is 8.03. The van der Waals surface area contributed by atoms with Crippen LogP contribution in [0.4, 0.5) is 17.6 Å². The molecule has 27 heavy (non-hydrogen) atoms. The molecular formula is C17H13F4N3O2S. The van der Waals surface area contributed by atoms with Gasteiger partial charge in [-0.2, -0.15) is 17.6 Å². The molecule has 2 aromatic rings. The lowest BCUT2D eigenvalue weighted by Crippen LogP contribution is -2.37. The lowest BCUT2D eigenvalue weighted by molar-refractivity contribution is -0.168. The van der Waals surface area contributed by atoms with Gasteiger partial charge in [0.2, 0.25) is 0 Å². The van der Waals surface area contributed by atoms with Gasteiger partial charge in [0.15, 0.2) is 5.16 Å². The van der Waals surface area contributed by atoms with Gasteiger partial charge in [-0.1, -0.05) is 17.8 Å². The van der Waals surface area contributed by atoms with Crippen LogP contribution in [0.2, 0.25) is 0 Å². The van der Waals surface area contributed by atoms with E-state index < -0.39 is 24.5 Å². The van der Waals surface area contributed by atoms with Crippen LogP contribution in [0.1, 0.15) is 28.0 Å². The highest BCUT2D eigenvalue weighted by molar-refractivity contribution is 7.98. The molecule has 0 bridgehead atoms. The molecule has 0 unspecified atom stereocenters. The average Bonchev–Trinajstić information content (AvgIpc) is 2.87. The molecule has 0 radical (unpaired) electrons. The van der Waals surface area contributed by atoms with Crippen LogP contribution in [0.3, 0.4) is 0 Å². The van der Waals surface area contributed by atoms with Crippen LogP contribution >= 0.6 is 11.8 Å². The monoisotopic (exact) mass is 399 g/mol. The molecule has 2 heterocycles. The number of hydrogen-bond donors (Lipinski definition) is 1. The van der Waals surface area contributed by atoms with Crippen LogP contribution in [-0.4, -0.2) is 34.8 Å². The Morgan fingerprint density at radius 2 is 2.00 bits per heavy atom. The number of amides is 1. The van der Waals surface area contributed by atoms with Crippen molar-refractivity contribution in [3.63, 3.8) is 0 Å². The first-order chi connectivity index (χ1) is 12.7. The number of carbonyl (C=O) groups is 1. The minimum absolute atomic E-state index is 0.0583. The number of halogens is 4. The summed E-state index contributed by atoms with van der Waals surface area (Å²) in [6, 6.07) is 4.04. The largest absolute Gasteiger partial charge is 0.430 e. The van der Waals surface area contributed by atoms with Crippen molar-refractivity contribution in [3.05, 3.63) is 35.0 Å². The van der Waals surface area contributed by atoms with Crippen molar-refractivity contribution in [3.8, 4) is 17.0 Å². The molecule has 0 saturated heterocycles. The summed E-state index contributed by atoms with van der Waals surface area (Å²) < 4.78 is 60.4. The fourth-order valence-corrected chi connectivity index (χ4v) is 3.52. The Kier molecular flexibility index (Phi) is 4.06. The van der Waals surface area contributed by atoms with Gasteiger partial charge in [-0.05, 0) is 24.8 Å². The van der Waals surface area contributed by atoms with E-state index in [1.807, 2.05) is 0 Å². The third kappa shape index (κ3) is 3.11. The number of nitrogens with one attached hydrogen (secondary N) is 1. The zero-order valence-corrected chi connectivity index (χ0v) is 14.8. The second-order valence-corrected chi connectivity index (χ2v) is 7.00. The number of rotatable bonds is 2. The molecular weight excluding hydrogens is 386 g/mol. The standard InChI is InChI=1S/C17H13F4N3O2S/c1-27-15-23-12(10-4-5-16(18,19)13(10)24-15)8-2-3-9-11(6-8)26-17(20,21)7-22-14(9)25/h2-3,6H,4-5,7H2,1H3,(H,22,25). The maximum absolute atomic E-state index is 14.2.